The smallest absolute Gasteiger partial charge is 0.317 e. The van der Waals surface area contributed by atoms with E-state index in [0.717, 1.165) is 36.1 Å². The van der Waals surface area contributed by atoms with E-state index in [9.17, 15) is 9.59 Å². The van der Waals surface area contributed by atoms with Gasteiger partial charge in [0.05, 0.1) is 11.0 Å². The summed E-state index contributed by atoms with van der Waals surface area (Å²) < 4.78 is 2.11. The Morgan fingerprint density at radius 3 is 2.88 bits per heavy atom. The van der Waals surface area contributed by atoms with E-state index in [1.54, 1.807) is 4.90 Å². The van der Waals surface area contributed by atoms with Crippen molar-refractivity contribution in [2.75, 3.05) is 19.6 Å². The number of para-hydroxylation sites is 2. The number of carbonyl (C=O) groups excluding carboxylic acids is 2. The van der Waals surface area contributed by atoms with Crippen LogP contribution in [0.3, 0.4) is 0 Å². The fourth-order valence-corrected chi connectivity index (χ4v) is 3.32. The molecule has 2 heterocycles. The van der Waals surface area contributed by atoms with E-state index in [4.69, 9.17) is 0 Å². The van der Waals surface area contributed by atoms with Crippen LogP contribution >= 0.6 is 0 Å². The van der Waals surface area contributed by atoms with Crippen LogP contribution in [-0.4, -0.2) is 52.1 Å². The van der Waals surface area contributed by atoms with Gasteiger partial charge in [-0.1, -0.05) is 12.1 Å². The largest absolute Gasteiger partial charge is 0.352 e. The first kappa shape index (κ1) is 17.3. The average molecular weight is 343 g/mol. The molecule has 1 aliphatic heterocycles. The Bertz CT molecular complexity index is 770. The van der Waals surface area contributed by atoms with Gasteiger partial charge in [0.15, 0.2) is 0 Å². The summed E-state index contributed by atoms with van der Waals surface area (Å²) in [5.74, 6) is 0.983. The second-order valence-corrected chi connectivity index (χ2v) is 6.54. The first-order valence-electron chi connectivity index (χ1n) is 8.75. The number of nitrogens with one attached hydrogen (secondary N) is 2. The van der Waals surface area contributed by atoms with E-state index in [2.05, 4.69) is 26.3 Å². The van der Waals surface area contributed by atoms with Gasteiger partial charge in [0.2, 0.25) is 5.91 Å². The summed E-state index contributed by atoms with van der Waals surface area (Å²) >= 11 is 0. The summed E-state index contributed by atoms with van der Waals surface area (Å²) in [5.41, 5.74) is 2.13. The number of imidazole rings is 1. The minimum Gasteiger partial charge on any atom is -0.352 e. The van der Waals surface area contributed by atoms with Gasteiger partial charge < -0.3 is 20.1 Å². The van der Waals surface area contributed by atoms with Crippen LogP contribution in [-0.2, 0) is 18.3 Å². The minimum absolute atomic E-state index is 0.0466. The van der Waals surface area contributed by atoms with Crippen molar-refractivity contribution >= 4 is 23.0 Å². The molecule has 134 valence electrons. The lowest BCUT2D eigenvalue weighted by Gasteiger charge is -2.17. The van der Waals surface area contributed by atoms with Crippen LogP contribution in [0.2, 0.25) is 0 Å². The molecule has 2 aromatic rings. The maximum Gasteiger partial charge on any atom is 0.317 e. The average Bonchev–Trinajstić information content (AvgIpc) is 3.16. The van der Waals surface area contributed by atoms with E-state index >= 15 is 0 Å². The highest BCUT2D eigenvalue weighted by Gasteiger charge is 2.26. The summed E-state index contributed by atoms with van der Waals surface area (Å²) in [4.78, 5) is 29.7. The van der Waals surface area contributed by atoms with Crippen molar-refractivity contribution < 1.29 is 9.59 Å². The van der Waals surface area contributed by atoms with E-state index in [0.29, 0.717) is 19.6 Å². The lowest BCUT2D eigenvalue weighted by Crippen LogP contribution is -2.42. The predicted octanol–water partition coefficient (Wildman–Crippen LogP) is 1.43. The molecule has 1 atom stereocenters. The maximum absolute atomic E-state index is 12.2. The number of hydrogen-bond acceptors (Lipinski definition) is 3. The van der Waals surface area contributed by atoms with Gasteiger partial charge in [-0.2, -0.15) is 0 Å². The number of aromatic nitrogens is 2. The Morgan fingerprint density at radius 1 is 1.32 bits per heavy atom. The highest BCUT2D eigenvalue weighted by molar-refractivity contribution is 5.76. The second-order valence-electron chi connectivity index (χ2n) is 6.54. The van der Waals surface area contributed by atoms with E-state index < -0.39 is 0 Å². The Kier molecular flexibility index (Phi) is 5.21. The third-order valence-electron chi connectivity index (χ3n) is 4.62. The molecule has 1 aromatic carbocycles. The number of carbonyl (C=O) groups is 2. The number of urea groups is 1. The van der Waals surface area contributed by atoms with Crippen LogP contribution in [0.4, 0.5) is 4.79 Å². The normalized spacial score (nSPS) is 17.0. The van der Waals surface area contributed by atoms with Crippen LogP contribution in [0.1, 0.15) is 25.6 Å². The molecule has 2 N–H and O–H groups in total. The molecule has 0 bridgehead atoms. The van der Waals surface area contributed by atoms with Gasteiger partial charge in [0.25, 0.3) is 0 Å². The van der Waals surface area contributed by atoms with Crippen molar-refractivity contribution in [3.8, 4) is 0 Å². The third-order valence-corrected chi connectivity index (χ3v) is 4.62. The molecule has 1 fully saturated rings. The zero-order valence-corrected chi connectivity index (χ0v) is 14.8. The molecule has 0 radical (unpaired) electrons. The molecule has 7 heteroatoms. The molecule has 0 aliphatic carbocycles. The van der Waals surface area contributed by atoms with E-state index in [1.807, 2.05) is 25.2 Å². The summed E-state index contributed by atoms with van der Waals surface area (Å²) in [6.45, 7) is 3.38. The van der Waals surface area contributed by atoms with Gasteiger partial charge in [-0.15, -0.1) is 0 Å². The quantitative estimate of drug-likeness (QED) is 0.806. The van der Waals surface area contributed by atoms with Crippen molar-refractivity contribution in [3.63, 3.8) is 0 Å². The molecule has 1 aliphatic rings. The van der Waals surface area contributed by atoms with Gasteiger partial charge in [0, 0.05) is 46.1 Å². The van der Waals surface area contributed by atoms with Crippen LogP contribution in [0.25, 0.3) is 11.0 Å². The molecule has 7 nitrogen and oxygen atoms in total. The number of fused-ring (bicyclic) bond motifs is 1. The zero-order valence-electron chi connectivity index (χ0n) is 14.8. The highest BCUT2D eigenvalue weighted by Crippen LogP contribution is 2.15. The van der Waals surface area contributed by atoms with Crippen LogP contribution in [0, 0.1) is 0 Å². The summed E-state index contributed by atoms with van der Waals surface area (Å²) in [5, 5.41) is 5.82. The molecule has 0 unspecified atom stereocenters. The van der Waals surface area contributed by atoms with Crippen molar-refractivity contribution in [2.45, 2.75) is 32.2 Å². The fraction of sp³-hybridized carbons (Fsp3) is 0.500. The first-order valence-corrected chi connectivity index (χ1v) is 8.75. The summed E-state index contributed by atoms with van der Waals surface area (Å²) in [6, 6.07) is 8.09. The Balaban J connectivity index is 1.43. The molecule has 0 spiro atoms. The Morgan fingerprint density at radius 2 is 2.12 bits per heavy atom. The molecule has 25 heavy (non-hydrogen) atoms. The molecular weight excluding hydrogens is 318 g/mol. The van der Waals surface area contributed by atoms with Crippen LogP contribution in [0.5, 0.6) is 0 Å². The molecule has 3 rings (SSSR count). The zero-order chi connectivity index (χ0) is 17.8. The minimum atomic E-state index is -0.0575. The number of aryl methyl sites for hydroxylation is 2. The lowest BCUT2D eigenvalue weighted by molar-refractivity contribution is -0.119. The van der Waals surface area contributed by atoms with E-state index in [-0.39, 0.29) is 18.0 Å². The molecule has 3 amide bonds. The molecular formula is C18H25N5O2. The van der Waals surface area contributed by atoms with Gasteiger partial charge in [-0.05, 0) is 25.0 Å². The first-order chi connectivity index (χ1) is 12.0. The van der Waals surface area contributed by atoms with Crippen molar-refractivity contribution in [1.82, 2.24) is 25.1 Å². The van der Waals surface area contributed by atoms with Gasteiger partial charge in [-0.3, -0.25) is 4.79 Å². The van der Waals surface area contributed by atoms with Crippen molar-refractivity contribution in [1.29, 1.82) is 0 Å². The SMILES string of the molecule is CC(=O)N[C@H]1CCN(C(=O)NCCCc2nc3ccccc3n2C)C1. The number of hydrogen-bond donors (Lipinski definition) is 2. The topological polar surface area (TPSA) is 79.3 Å². The molecule has 1 aromatic heterocycles. The van der Waals surface area contributed by atoms with Crippen molar-refractivity contribution in [2.24, 2.45) is 7.05 Å². The standard InChI is InChI=1S/C18H25N5O2/c1-13(24)20-14-9-11-23(12-14)18(25)19-10-5-8-17-21-15-6-3-4-7-16(15)22(17)2/h3-4,6-7,14H,5,8-12H2,1-2H3,(H,19,25)(H,20,24)/t14-/m0/s1. The molecule has 1 saturated heterocycles. The lowest BCUT2D eigenvalue weighted by atomic mass is 10.3. The number of benzene rings is 1. The van der Waals surface area contributed by atoms with Crippen molar-refractivity contribution in [3.05, 3.63) is 30.1 Å². The number of amides is 3. The summed E-state index contributed by atoms with van der Waals surface area (Å²) in [6.07, 6.45) is 2.47. The Hall–Kier alpha value is -2.57. The number of nitrogens with zero attached hydrogens (tertiary/aromatic N) is 3. The van der Waals surface area contributed by atoms with E-state index in [1.165, 1.54) is 6.92 Å². The summed E-state index contributed by atoms with van der Waals surface area (Å²) in [7, 11) is 2.02. The molecule has 0 saturated carbocycles. The second kappa shape index (κ2) is 7.55. The maximum atomic E-state index is 12.2. The number of rotatable bonds is 5. The van der Waals surface area contributed by atoms with Gasteiger partial charge in [0.1, 0.15) is 5.82 Å². The highest BCUT2D eigenvalue weighted by atomic mass is 16.2. The predicted molar refractivity (Wildman–Crippen MR) is 96.2 cm³/mol. The fourth-order valence-electron chi connectivity index (χ4n) is 3.32. The van der Waals surface area contributed by atoms with Crippen LogP contribution in [0.15, 0.2) is 24.3 Å². The Labute approximate surface area is 147 Å². The van der Waals surface area contributed by atoms with Gasteiger partial charge in [-0.25, -0.2) is 9.78 Å². The number of likely N-dealkylation sites (tertiary alicyclic amines) is 1. The monoisotopic (exact) mass is 343 g/mol. The van der Waals surface area contributed by atoms with Gasteiger partial charge >= 0.3 is 6.03 Å². The third kappa shape index (κ3) is 4.10. The van der Waals surface area contributed by atoms with Crippen LogP contribution < -0.4 is 10.6 Å².